The van der Waals surface area contributed by atoms with Crippen molar-refractivity contribution < 1.29 is 23.0 Å². The Labute approximate surface area is 135 Å². The van der Waals surface area contributed by atoms with Crippen LogP contribution in [0.25, 0.3) is 0 Å². The Kier molecular flexibility index (Phi) is 4.89. The zero-order chi connectivity index (χ0) is 17.2. The quantitative estimate of drug-likeness (QED) is 0.846. The number of rotatable bonds is 4. The minimum absolute atomic E-state index is 0.0221. The summed E-state index contributed by atoms with van der Waals surface area (Å²) in [5.41, 5.74) is -0.424. The number of nitrogens with one attached hydrogen (secondary N) is 1. The SMILES string of the molecule is COc1ccc(O)c(C(C)Nc2ncc(C(F)(F)F)cc2Cl)c1. The van der Waals surface area contributed by atoms with Gasteiger partial charge in [0.2, 0.25) is 0 Å². The Bertz CT molecular complexity index is 708. The highest BCUT2D eigenvalue weighted by molar-refractivity contribution is 6.33. The van der Waals surface area contributed by atoms with Crippen LogP contribution in [0.5, 0.6) is 11.5 Å². The average Bonchev–Trinajstić information content (AvgIpc) is 2.48. The standard InChI is InChI=1S/C15H14ClF3N2O2/c1-8(11-6-10(23-2)3-4-13(11)22)21-14-12(16)5-9(7-20-14)15(17,18)19/h3-8,22H,1-2H3,(H,20,21). The number of methoxy groups -OCH3 is 1. The Morgan fingerprint density at radius 3 is 2.57 bits per heavy atom. The summed E-state index contributed by atoms with van der Waals surface area (Å²) in [7, 11) is 1.49. The predicted molar refractivity (Wildman–Crippen MR) is 80.9 cm³/mol. The Balaban J connectivity index is 2.25. The molecule has 1 heterocycles. The third-order valence-electron chi connectivity index (χ3n) is 3.22. The molecule has 2 N–H and O–H groups in total. The van der Waals surface area contributed by atoms with Crippen LogP contribution in [-0.4, -0.2) is 17.2 Å². The van der Waals surface area contributed by atoms with Crippen LogP contribution >= 0.6 is 11.6 Å². The van der Waals surface area contributed by atoms with E-state index in [1.165, 1.54) is 13.2 Å². The van der Waals surface area contributed by atoms with Gasteiger partial charge < -0.3 is 15.2 Å². The fourth-order valence-electron chi connectivity index (χ4n) is 1.99. The molecule has 2 rings (SSSR count). The lowest BCUT2D eigenvalue weighted by Gasteiger charge is -2.18. The van der Waals surface area contributed by atoms with Gasteiger partial charge in [0.05, 0.1) is 23.7 Å². The molecular formula is C15H14ClF3N2O2. The molecule has 0 aliphatic carbocycles. The smallest absolute Gasteiger partial charge is 0.417 e. The van der Waals surface area contributed by atoms with Crippen molar-refractivity contribution in [2.45, 2.75) is 19.1 Å². The van der Waals surface area contributed by atoms with Crippen molar-refractivity contribution in [3.63, 3.8) is 0 Å². The second kappa shape index (κ2) is 6.54. The summed E-state index contributed by atoms with van der Waals surface area (Å²) in [5, 5.41) is 12.6. The van der Waals surface area contributed by atoms with E-state index in [0.29, 0.717) is 17.5 Å². The van der Waals surface area contributed by atoms with E-state index in [2.05, 4.69) is 10.3 Å². The van der Waals surface area contributed by atoms with Crippen LogP contribution in [0.4, 0.5) is 19.0 Å². The van der Waals surface area contributed by atoms with Crippen LogP contribution < -0.4 is 10.1 Å². The van der Waals surface area contributed by atoms with Gasteiger partial charge in [0.25, 0.3) is 0 Å². The number of hydrogen-bond acceptors (Lipinski definition) is 4. The van der Waals surface area contributed by atoms with Crippen LogP contribution in [-0.2, 0) is 6.18 Å². The van der Waals surface area contributed by atoms with Crippen LogP contribution in [0.2, 0.25) is 5.02 Å². The molecule has 124 valence electrons. The number of hydrogen-bond donors (Lipinski definition) is 2. The van der Waals surface area contributed by atoms with Crippen LogP contribution in [0.1, 0.15) is 24.1 Å². The monoisotopic (exact) mass is 346 g/mol. The number of phenolic OH excluding ortho intramolecular Hbond substituents is 1. The summed E-state index contributed by atoms with van der Waals surface area (Å²) < 4.78 is 42.9. The third-order valence-corrected chi connectivity index (χ3v) is 3.51. The molecule has 23 heavy (non-hydrogen) atoms. The average molecular weight is 347 g/mol. The molecule has 0 saturated carbocycles. The van der Waals surface area contributed by atoms with Gasteiger partial charge in [-0.05, 0) is 31.2 Å². The molecule has 0 fully saturated rings. The van der Waals surface area contributed by atoms with E-state index in [1.807, 2.05) is 0 Å². The minimum Gasteiger partial charge on any atom is -0.508 e. The fourth-order valence-corrected chi connectivity index (χ4v) is 2.21. The first-order valence-electron chi connectivity index (χ1n) is 6.58. The molecule has 1 aromatic heterocycles. The molecule has 1 aromatic carbocycles. The third kappa shape index (κ3) is 3.98. The summed E-state index contributed by atoms with van der Waals surface area (Å²) in [5.74, 6) is 0.654. The lowest BCUT2D eigenvalue weighted by molar-refractivity contribution is -0.137. The zero-order valence-corrected chi connectivity index (χ0v) is 13.0. The molecule has 0 saturated heterocycles. The lowest BCUT2D eigenvalue weighted by atomic mass is 10.1. The van der Waals surface area contributed by atoms with Crippen molar-refractivity contribution in [2.75, 3.05) is 12.4 Å². The highest BCUT2D eigenvalue weighted by Crippen LogP contribution is 2.35. The maximum atomic E-state index is 12.6. The summed E-state index contributed by atoms with van der Waals surface area (Å²) in [4.78, 5) is 3.71. The molecular weight excluding hydrogens is 333 g/mol. The number of halogens is 4. The molecule has 1 unspecified atom stereocenters. The van der Waals surface area contributed by atoms with Gasteiger partial charge >= 0.3 is 6.18 Å². The van der Waals surface area contributed by atoms with Crippen molar-refractivity contribution in [1.29, 1.82) is 0 Å². The van der Waals surface area contributed by atoms with E-state index < -0.39 is 17.8 Å². The number of alkyl halides is 3. The fraction of sp³-hybridized carbons (Fsp3) is 0.267. The normalized spacial score (nSPS) is 12.8. The van der Waals surface area contributed by atoms with Crippen molar-refractivity contribution in [3.05, 3.63) is 46.6 Å². The van der Waals surface area contributed by atoms with E-state index in [-0.39, 0.29) is 16.6 Å². The number of benzene rings is 1. The number of phenols is 1. The van der Waals surface area contributed by atoms with Crippen molar-refractivity contribution in [3.8, 4) is 11.5 Å². The van der Waals surface area contributed by atoms with Gasteiger partial charge in [-0.3, -0.25) is 0 Å². The molecule has 2 aromatic rings. The van der Waals surface area contributed by atoms with Gasteiger partial charge in [-0.1, -0.05) is 11.6 Å². The minimum atomic E-state index is -4.51. The maximum absolute atomic E-state index is 12.6. The van der Waals surface area contributed by atoms with Crippen molar-refractivity contribution >= 4 is 17.4 Å². The number of nitrogens with zero attached hydrogens (tertiary/aromatic N) is 1. The second-order valence-corrected chi connectivity index (χ2v) is 5.25. The number of pyridine rings is 1. The van der Waals surface area contributed by atoms with E-state index in [4.69, 9.17) is 16.3 Å². The zero-order valence-electron chi connectivity index (χ0n) is 12.3. The summed E-state index contributed by atoms with van der Waals surface area (Å²) in [6.45, 7) is 1.71. The van der Waals surface area contributed by atoms with E-state index in [0.717, 1.165) is 6.07 Å². The molecule has 0 aliphatic heterocycles. The Hall–Kier alpha value is -2.15. The Morgan fingerprint density at radius 2 is 2.00 bits per heavy atom. The van der Waals surface area contributed by atoms with Crippen molar-refractivity contribution in [2.24, 2.45) is 0 Å². The van der Waals surface area contributed by atoms with Crippen LogP contribution in [0.15, 0.2) is 30.5 Å². The first-order chi connectivity index (χ1) is 10.7. The van der Waals surface area contributed by atoms with Gasteiger partial charge in [0.1, 0.15) is 17.3 Å². The van der Waals surface area contributed by atoms with Gasteiger partial charge in [0, 0.05) is 11.8 Å². The topological polar surface area (TPSA) is 54.4 Å². The predicted octanol–water partition coefficient (Wildman–Crippen LogP) is 4.64. The number of aromatic hydroxyl groups is 1. The molecule has 1 atom stereocenters. The molecule has 4 nitrogen and oxygen atoms in total. The van der Waals surface area contributed by atoms with Gasteiger partial charge in [-0.25, -0.2) is 4.98 Å². The largest absolute Gasteiger partial charge is 0.508 e. The first kappa shape index (κ1) is 17.2. The summed E-state index contributed by atoms with van der Waals surface area (Å²) in [6.07, 6.45) is -3.81. The highest BCUT2D eigenvalue weighted by Gasteiger charge is 2.31. The summed E-state index contributed by atoms with van der Waals surface area (Å²) >= 11 is 5.85. The van der Waals surface area contributed by atoms with E-state index in [1.54, 1.807) is 19.1 Å². The summed E-state index contributed by atoms with van der Waals surface area (Å²) in [6, 6.07) is 5.02. The van der Waals surface area contributed by atoms with E-state index >= 15 is 0 Å². The molecule has 8 heteroatoms. The molecule has 0 radical (unpaired) electrons. The maximum Gasteiger partial charge on any atom is 0.417 e. The van der Waals surface area contributed by atoms with Gasteiger partial charge in [-0.2, -0.15) is 13.2 Å². The van der Waals surface area contributed by atoms with Crippen molar-refractivity contribution in [1.82, 2.24) is 4.98 Å². The Morgan fingerprint density at radius 1 is 1.30 bits per heavy atom. The van der Waals surface area contributed by atoms with Crippen LogP contribution in [0.3, 0.4) is 0 Å². The molecule has 0 aliphatic rings. The molecule has 0 bridgehead atoms. The van der Waals surface area contributed by atoms with Crippen LogP contribution in [0, 0.1) is 0 Å². The first-order valence-corrected chi connectivity index (χ1v) is 6.96. The second-order valence-electron chi connectivity index (χ2n) is 4.84. The van der Waals surface area contributed by atoms with Gasteiger partial charge in [0.15, 0.2) is 0 Å². The number of aromatic nitrogens is 1. The van der Waals surface area contributed by atoms with Gasteiger partial charge in [-0.15, -0.1) is 0 Å². The molecule has 0 spiro atoms. The van der Waals surface area contributed by atoms with E-state index in [9.17, 15) is 18.3 Å². The molecule has 0 amide bonds. The number of ether oxygens (including phenoxy) is 1. The highest BCUT2D eigenvalue weighted by atomic mass is 35.5. The lowest BCUT2D eigenvalue weighted by Crippen LogP contribution is -2.11. The number of anilines is 1.